The number of nitrogens with zero attached hydrogens (tertiary/aromatic N) is 4. The number of aromatic nitrogens is 3. The minimum atomic E-state index is -0.0562. The Morgan fingerprint density at radius 1 is 1.38 bits per heavy atom. The molecule has 1 N–H and O–H groups in total. The molecule has 0 radical (unpaired) electrons. The van der Waals surface area contributed by atoms with Crippen LogP contribution in [0.1, 0.15) is 12.8 Å². The van der Waals surface area contributed by atoms with Crippen LogP contribution in [-0.4, -0.2) is 51.8 Å². The molecule has 1 aliphatic heterocycles. The molecule has 3 rings (SSSR count). The van der Waals surface area contributed by atoms with Gasteiger partial charge >= 0.3 is 5.69 Å². The topological polar surface area (TPSA) is 54.6 Å². The first-order valence-electron chi connectivity index (χ1n) is 7.21. The van der Waals surface area contributed by atoms with Gasteiger partial charge in [0.2, 0.25) is 0 Å². The summed E-state index contributed by atoms with van der Waals surface area (Å²) in [5, 5.41) is 7.73. The molecule has 0 aliphatic carbocycles. The van der Waals surface area contributed by atoms with E-state index >= 15 is 0 Å². The Morgan fingerprint density at radius 2 is 2.14 bits per heavy atom. The van der Waals surface area contributed by atoms with E-state index in [-0.39, 0.29) is 18.1 Å². The lowest BCUT2D eigenvalue weighted by atomic mass is 10.1. The van der Waals surface area contributed by atoms with Crippen LogP contribution in [0.25, 0.3) is 5.65 Å². The molecule has 2 aromatic rings. The van der Waals surface area contributed by atoms with Crippen molar-refractivity contribution in [2.75, 3.05) is 26.7 Å². The van der Waals surface area contributed by atoms with E-state index in [9.17, 15) is 4.79 Å². The second kappa shape index (κ2) is 7.06. The number of fused-ring (bicyclic) bond motifs is 1. The second-order valence-corrected chi connectivity index (χ2v) is 5.40. The highest BCUT2D eigenvalue weighted by Gasteiger charge is 2.17. The number of hydrogen-bond donors (Lipinski definition) is 1. The summed E-state index contributed by atoms with van der Waals surface area (Å²) in [7, 11) is 2.14. The zero-order valence-electron chi connectivity index (χ0n) is 12.2. The fourth-order valence-electron chi connectivity index (χ4n) is 2.80. The van der Waals surface area contributed by atoms with Crippen molar-refractivity contribution in [1.29, 1.82) is 0 Å². The number of likely N-dealkylation sites (N-methyl/N-ethyl adjacent to an activating group) is 1. The Bertz CT molecular complexity index is 632. The summed E-state index contributed by atoms with van der Waals surface area (Å²) in [4.78, 5) is 14.5. The third kappa shape index (κ3) is 3.45. The van der Waals surface area contributed by atoms with Crippen LogP contribution in [0.3, 0.4) is 0 Å². The zero-order valence-corrected chi connectivity index (χ0v) is 13.1. The quantitative estimate of drug-likeness (QED) is 0.898. The van der Waals surface area contributed by atoms with Gasteiger partial charge in [-0.05, 0) is 45.1 Å². The van der Waals surface area contributed by atoms with Crippen molar-refractivity contribution in [3.8, 4) is 0 Å². The summed E-state index contributed by atoms with van der Waals surface area (Å²) < 4.78 is 3.15. The van der Waals surface area contributed by atoms with E-state index < -0.39 is 0 Å². The number of pyridine rings is 1. The fraction of sp³-hybridized carbons (Fsp3) is 0.571. The fourth-order valence-corrected chi connectivity index (χ4v) is 2.80. The third-order valence-corrected chi connectivity index (χ3v) is 4.08. The molecule has 0 aromatic carbocycles. The van der Waals surface area contributed by atoms with E-state index in [1.54, 1.807) is 15.3 Å². The van der Waals surface area contributed by atoms with Crippen LogP contribution in [0.5, 0.6) is 0 Å². The molecule has 7 heteroatoms. The molecule has 0 atom stereocenters. The first kappa shape index (κ1) is 16.0. The highest BCUT2D eigenvalue weighted by molar-refractivity contribution is 5.85. The van der Waals surface area contributed by atoms with Gasteiger partial charge in [0, 0.05) is 18.8 Å². The number of halogens is 1. The Hall–Kier alpha value is -1.37. The molecule has 2 aromatic heterocycles. The highest BCUT2D eigenvalue weighted by atomic mass is 35.5. The minimum absolute atomic E-state index is 0. The maximum Gasteiger partial charge on any atom is 0.350 e. The van der Waals surface area contributed by atoms with E-state index in [0.717, 1.165) is 19.6 Å². The Balaban J connectivity index is 0.00000161. The monoisotopic (exact) mass is 311 g/mol. The molecular formula is C14H22ClN5O. The van der Waals surface area contributed by atoms with Crippen molar-refractivity contribution in [2.24, 2.45) is 0 Å². The van der Waals surface area contributed by atoms with E-state index in [4.69, 9.17) is 0 Å². The average molecular weight is 312 g/mol. The van der Waals surface area contributed by atoms with Gasteiger partial charge in [0.25, 0.3) is 0 Å². The van der Waals surface area contributed by atoms with E-state index in [1.807, 2.05) is 18.2 Å². The van der Waals surface area contributed by atoms with Gasteiger partial charge < -0.3 is 10.2 Å². The lowest BCUT2D eigenvalue weighted by molar-refractivity contribution is 0.190. The Morgan fingerprint density at radius 3 is 2.86 bits per heavy atom. The van der Waals surface area contributed by atoms with Gasteiger partial charge in [0.15, 0.2) is 5.65 Å². The van der Waals surface area contributed by atoms with Gasteiger partial charge in [0.1, 0.15) is 0 Å². The zero-order chi connectivity index (χ0) is 13.9. The van der Waals surface area contributed by atoms with Crippen molar-refractivity contribution in [1.82, 2.24) is 24.4 Å². The lowest BCUT2D eigenvalue weighted by Gasteiger charge is -2.31. The first-order chi connectivity index (χ1) is 9.75. The largest absolute Gasteiger partial charge is 0.350 e. The van der Waals surface area contributed by atoms with E-state index in [1.165, 1.54) is 12.8 Å². The number of piperidine rings is 1. The highest BCUT2D eigenvalue weighted by Crippen LogP contribution is 2.09. The molecule has 3 heterocycles. The van der Waals surface area contributed by atoms with Gasteiger partial charge in [-0.25, -0.2) is 9.48 Å². The maximum absolute atomic E-state index is 12.2. The van der Waals surface area contributed by atoms with Crippen LogP contribution in [0, 0.1) is 0 Å². The molecule has 1 aliphatic rings. The summed E-state index contributed by atoms with van der Waals surface area (Å²) in [6.45, 7) is 3.67. The molecule has 6 nitrogen and oxygen atoms in total. The van der Waals surface area contributed by atoms with Crippen LogP contribution in [-0.2, 0) is 6.54 Å². The second-order valence-electron chi connectivity index (χ2n) is 5.40. The summed E-state index contributed by atoms with van der Waals surface area (Å²) in [5.74, 6) is 0. The van der Waals surface area contributed by atoms with Crippen molar-refractivity contribution < 1.29 is 0 Å². The molecule has 0 spiro atoms. The Labute approximate surface area is 130 Å². The standard InChI is InChI=1S/C14H21N5O.ClH/c1-17(12-5-7-15-8-6-12)10-11-19-14(20)18-9-3-2-4-13(18)16-19;/h2-4,9,12,15H,5-8,10-11H2,1H3;1H. The van der Waals surface area contributed by atoms with Crippen LogP contribution in [0.2, 0.25) is 0 Å². The molecular weight excluding hydrogens is 290 g/mol. The maximum atomic E-state index is 12.2. The molecule has 116 valence electrons. The average Bonchev–Trinajstić information content (AvgIpc) is 2.83. The molecule has 0 amide bonds. The van der Waals surface area contributed by atoms with Gasteiger partial charge in [-0.3, -0.25) is 4.40 Å². The van der Waals surface area contributed by atoms with Crippen LogP contribution in [0.4, 0.5) is 0 Å². The third-order valence-electron chi connectivity index (χ3n) is 4.08. The predicted molar refractivity (Wildman–Crippen MR) is 85.2 cm³/mol. The predicted octanol–water partition coefficient (Wildman–Crippen LogP) is 0.602. The van der Waals surface area contributed by atoms with E-state index in [2.05, 4.69) is 22.4 Å². The van der Waals surface area contributed by atoms with Crippen LogP contribution >= 0.6 is 12.4 Å². The number of nitrogens with one attached hydrogen (secondary N) is 1. The smallest absolute Gasteiger partial charge is 0.317 e. The van der Waals surface area contributed by atoms with Crippen LogP contribution in [0.15, 0.2) is 29.2 Å². The summed E-state index contributed by atoms with van der Waals surface area (Å²) in [6.07, 6.45) is 4.12. The van der Waals surface area contributed by atoms with E-state index in [0.29, 0.717) is 18.2 Å². The Kier molecular flexibility index (Phi) is 5.39. The van der Waals surface area contributed by atoms with Gasteiger partial charge in [-0.2, -0.15) is 0 Å². The molecule has 0 bridgehead atoms. The van der Waals surface area contributed by atoms with Crippen molar-refractivity contribution >= 4 is 18.1 Å². The molecule has 21 heavy (non-hydrogen) atoms. The minimum Gasteiger partial charge on any atom is -0.317 e. The van der Waals surface area contributed by atoms with Crippen LogP contribution < -0.4 is 11.0 Å². The van der Waals surface area contributed by atoms with Crippen molar-refractivity contribution in [3.63, 3.8) is 0 Å². The normalized spacial score (nSPS) is 16.3. The molecule has 1 saturated heterocycles. The van der Waals surface area contributed by atoms with Crippen molar-refractivity contribution in [2.45, 2.75) is 25.4 Å². The first-order valence-corrected chi connectivity index (χ1v) is 7.21. The van der Waals surface area contributed by atoms with Crippen molar-refractivity contribution in [3.05, 3.63) is 34.9 Å². The lowest BCUT2D eigenvalue weighted by Crippen LogP contribution is -2.42. The molecule has 1 fully saturated rings. The van der Waals surface area contributed by atoms with Gasteiger partial charge in [0.05, 0.1) is 6.54 Å². The summed E-state index contributed by atoms with van der Waals surface area (Å²) >= 11 is 0. The number of rotatable bonds is 4. The molecule has 0 saturated carbocycles. The van der Waals surface area contributed by atoms with Gasteiger partial charge in [-0.1, -0.05) is 6.07 Å². The molecule has 0 unspecified atom stereocenters. The van der Waals surface area contributed by atoms with Gasteiger partial charge in [-0.15, -0.1) is 17.5 Å². The number of hydrogen-bond acceptors (Lipinski definition) is 4. The summed E-state index contributed by atoms with van der Waals surface area (Å²) in [5.41, 5.74) is 0.654. The SMILES string of the molecule is CN(CCn1nc2ccccn2c1=O)C1CCNCC1.Cl. The summed E-state index contributed by atoms with van der Waals surface area (Å²) in [6, 6.07) is 6.22.